The highest BCUT2D eigenvalue weighted by atomic mass is 16.1. The van der Waals surface area contributed by atoms with Crippen LogP contribution in [0.15, 0.2) is 10.9 Å². The van der Waals surface area contributed by atoms with Crippen molar-refractivity contribution in [1.82, 2.24) is 9.97 Å². The lowest BCUT2D eigenvalue weighted by molar-refractivity contribution is 0.721. The normalized spacial score (nSPS) is 10.9. The molecule has 0 unspecified atom stereocenters. The molecule has 0 aliphatic rings. The number of aromatic nitrogens is 2. The Hall–Kier alpha value is -1.12. The average molecular weight is 194 g/mol. The first-order chi connectivity index (χ1) is 6.63. The molecule has 1 aromatic heterocycles. The Balaban J connectivity index is 2.90. The first kappa shape index (κ1) is 11.0. The van der Waals surface area contributed by atoms with Gasteiger partial charge in [-0.15, -0.1) is 0 Å². The molecule has 0 atom stereocenters. The Kier molecular flexibility index (Phi) is 3.86. The molecule has 0 aromatic carbocycles. The minimum atomic E-state index is -0.0326. The third-order valence-electron chi connectivity index (χ3n) is 2.15. The second kappa shape index (κ2) is 4.94. The molecule has 0 amide bonds. The van der Waals surface area contributed by atoms with Crippen LogP contribution in [-0.4, -0.2) is 9.97 Å². The van der Waals surface area contributed by atoms with Crippen molar-refractivity contribution in [1.29, 1.82) is 0 Å². The second-order valence-corrected chi connectivity index (χ2v) is 3.88. The molecule has 0 saturated carbocycles. The van der Waals surface area contributed by atoms with E-state index in [1.165, 1.54) is 0 Å². The van der Waals surface area contributed by atoms with E-state index in [1.807, 2.05) is 13.8 Å². The number of aromatic amines is 1. The van der Waals surface area contributed by atoms with Crippen molar-refractivity contribution in [2.24, 2.45) is 0 Å². The van der Waals surface area contributed by atoms with Crippen molar-refractivity contribution >= 4 is 0 Å². The van der Waals surface area contributed by atoms with Gasteiger partial charge >= 0.3 is 0 Å². The molecule has 0 spiro atoms. The molecular formula is C11H18N2O. The van der Waals surface area contributed by atoms with Crippen LogP contribution < -0.4 is 5.56 Å². The molecule has 1 heterocycles. The third-order valence-corrected chi connectivity index (χ3v) is 2.15. The summed E-state index contributed by atoms with van der Waals surface area (Å²) in [6.07, 6.45) is 3.12. The van der Waals surface area contributed by atoms with Crippen molar-refractivity contribution in [2.75, 3.05) is 0 Å². The van der Waals surface area contributed by atoms with Gasteiger partial charge in [-0.1, -0.05) is 27.2 Å². The van der Waals surface area contributed by atoms with Gasteiger partial charge in [0.15, 0.2) is 0 Å². The van der Waals surface area contributed by atoms with Crippen LogP contribution in [-0.2, 0) is 6.42 Å². The number of rotatable bonds is 4. The van der Waals surface area contributed by atoms with Crippen LogP contribution in [0.1, 0.15) is 51.0 Å². The third kappa shape index (κ3) is 2.98. The zero-order chi connectivity index (χ0) is 10.6. The molecule has 0 aliphatic heterocycles. The van der Waals surface area contributed by atoms with E-state index in [1.54, 1.807) is 6.07 Å². The van der Waals surface area contributed by atoms with E-state index in [4.69, 9.17) is 0 Å². The molecule has 1 rings (SSSR count). The number of H-pyrrole nitrogens is 1. The van der Waals surface area contributed by atoms with Gasteiger partial charge < -0.3 is 4.98 Å². The molecule has 0 bridgehead atoms. The minimum Gasteiger partial charge on any atom is -0.310 e. The summed E-state index contributed by atoms with van der Waals surface area (Å²) in [4.78, 5) is 18.5. The maximum Gasteiger partial charge on any atom is 0.251 e. The highest BCUT2D eigenvalue weighted by Crippen LogP contribution is 2.07. The number of aryl methyl sites for hydroxylation is 1. The van der Waals surface area contributed by atoms with Gasteiger partial charge in [-0.25, -0.2) is 4.98 Å². The first-order valence-corrected chi connectivity index (χ1v) is 5.23. The van der Waals surface area contributed by atoms with E-state index in [0.29, 0.717) is 0 Å². The first-order valence-electron chi connectivity index (χ1n) is 5.23. The van der Waals surface area contributed by atoms with Gasteiger partial charge in [-0.05, 0) is 12.8 Å². The Morgan fingerprint density at radius 1 is 1.50 bits per heavy atom. The van der Waals surface area contributed by atoms with E-state index < -0.39 is 0 Å². The molecule has 3 heteroatoms. The Morgan fingerprint density at radius 2 is 2.21 bits per heavy atom. The monoisotopic (exact) mass is 194 g/mol. The van der Waals surface area contributed by atoms with Crippen molar-refractivity contribution in [3.05, 3.63) is 27.9 Å². The lowest BCUT2D eigenvalue weighted by Gasteiger charge is -2.05. The summed E-state index contributed by atoms with van der Waals surface area (Å²) in [5, 5.41) is 0. The van der Waals surface area contributed by atoms with Gasteiger partial charge in [0, 0.05) is 17.7 Å². The van der Waals surface area contributed by atoms with Gasteiger partial charge in [-0.2, -0.15) is 0 Å². The van der Waals surface area contributed by atoms with Crippen LogP contribution in [0.2, 0.25) is 0 Å². The fraction of sp³-hybridized carbons (Fsp3) is 0.636. The largest absolute Gasteiger partial charge is 0.310 e. The van der Waals surface area contributed by atoms with Crippen LogP contribution in [0.5, 0.6) is 0 Å². The van der Waals surface area contributed by atoms with Crippen molar-refractivity contribution in [3.63, 3.8) is 0 Å². The van der Waals surface area contributed by atoms with E-state index in [0.717, 1.165) is 30.8 Å². The fourth-order valence-electron chi connectivity index (χ4n) is 1.29. The van der Waals surface area contributed by atoms with Crippen LogP contribution >= 0.6 is 0 Å². The van der Waals surface area contributed by atoms with E-state index in [2.05, 4.69) is 16.9 Å². The smallest absolute Gasteiger partial charge is 0.251 e. The number of hydrogen-bond acceptors (Lipinski definition) is 2. The SMILES string of the molecule is CCCCc1cc(=O)[nH]c(C(C)C)n1. The van der Waals surface area contributed by atoms with Crippen LogP contribution in [0, 0.1) is 0 Å². The number of unbranched alkanes of at least 4 members (excludes halogenated alkanes) is 1. The predicted molar refractivity (Wildman–Crippen MR) is 57.6 cm³/mol. The van der Waals surface area contributed by atoms with Crippen LogP contribution in [0.3, 0.4) is 0 Å². The molecular weight excluding hydrogens is 176 g/mol. The molecule has 0 radical (unpaired) electrons. The zero-order valence-corrected chi connectivity index (χ0v) is 9.13. The molecule has 78 valence electrons. The topological polar surface area (TPSA) is 45.8 Å². The molecule has 0 fully saturated rings. The standard InChI is InChI=1S/C11H18N2O/c1-4-5-6-9-7-10(14)13-11(12-9)8(2)3/h7-8H,4-6H2,1-3H3,(H,12,13,14). The van der Waals surface area contributed by atoms with E-state index in [9.17, 15) is 4.79 Å². The van der Waals surface area contributed by atoms with Crippen LogP contribution in [0.4, 0.5) is 0 Å². The summed E-state index contributed by atoms with van der Waals surface area (Å²) >= 11 is 0. The van der Waals surface area contributed by atoms with Crippen LogP contribution in [0.25, 0.3) is 0 Å². The highest BCUT2D eigenvalue weighted by Gasteiger charge is 2.04. The average Bonchev–Trinajstić information content (AvgIpc) is 2.14. The number of nitrogens with one attached hydrogen (secondary N) is 1. The minimum absolute atomic E-state index is 0.0326. The van der Waals surface area contributed by atoms with Gasteiger partial charge in [-0.3, -0.25) is 4.79 Å². The van der Waals surface area contributed by atoms with Gasteiger partial charge in [0.2, 0.25) is 0 Å². The molecule has 3 nitrogen and oxygen atoms in total. The zero-order valence-electron chi connectivity index (χ0n) is 9.13. The lowest BCUT2D eigenvalue weighted by atomic mass is 10.1. The second-order valence-electron chi connectivity index (χ2n) is 3.88. The highest BCUT2D eigenvalue weighted by molar-refractivity contribution is 5.05. The quantitative estimate of drug-likeness (QED) is 0.799. The number of nitrogens with zero attached hydrogens (tertiary/aromatic N) is 1. The predicted octanol–water partition coefficient (Wildman–Crippen LogP) is 2.24. The number of hydrogen-bond donors (Lipinski definition) is 1. The van der Waals surface area contributed by atoms with Gasteiger partial charge in [0.1, 0.15) is 5.82 Å². The van der Waals surface area contributed by atoms with Crippen molar-refractivity contribution in [2.45, 2.75) is 46.0 Å². The molecule has 1 aromatic rings. The molecule has 1 N–H and O–H groups in total. The summed E-state index contributed by atoms with van der Waals surface area (Å²) in [5.41, 5.74) is 0.883. The summed E-state index contributed by atoms with van der Waals surface area (Å²) in [6.45, 7) is 6.19. The maximum atomic E-state index is 11.3. The summed E-state index contributed by atoms with van der Waals surface area (Å²) < 4.78 is 0. The summed E-state index contributed by atoms with van der Waals surface area (Å²) in [5.74, 6) is 1.08. The van der Waals surface area contributed by atoms with Gasteiger partial charge in [0.05, 0.1) is 0 Å². The Morgan fingerprint density at radius 3 is 2.79 bits per heavy atom. The molecule has 0 aliphatic carbocycles. The van der Waals surface area contributed by atoms with E-state index >= 15 is 0 Å². The van der Waals surface area contributed by atoms with E-state index in [-0.39, 0.29) is 11.5 Å². The maximum absolute atomic E-state index is 11.3. The molecule has 14 heavy (non-hydrogen) atoms. The molecule has 0 saturated heterocycles. The summed E-state index contributed by atoms with van der Waals surface area (Å²) in [6, 6.07) is 1.60. The van der Waals surface area contributed by atoms with Crippen molar-refractivity contribution < 1.29 is 0 Å². The van der Waals surface area contributed by atoms with Crippen molar-refractivity contribution in [3.8, 4) is 0 Å². The fourth-order valence-corrected chi connectivity index (χ4v) is 1.29. The summed E-state index contributed by atoms with van der Waals surface area (Å²) in [7, 11) is 0. The lowest BCUT2D eigenvalue weighted by Crippen LogP contribution is -2.13. The Labute approximate surface area is 84.6 Å². The van der Waals surface area contributed by atoms with Gasteiger partial charge in [0.25, 0.3) is 5.56 Å². The Bertz CT molecular complexity index is 341.